The number of benzene rings is 1. The van der Waals surface area contributed by atoms with Crippen LogP contribution in [0.5, 0.6) is 0 Å². The Hall–Kier alpha value is -1.32. The van der Waals surface area contributed by atoms with Gasteiger partial charge in [-0.05, 0) is 69.1 Å². The van der Waals surface area contributed by atoms with Gasteiger partial charge in [0.1, 0.15) is 12.6 Å². The minimum Gasteiger partial charge on any atom is -0.385 e. The number of piperidine rings is 1. The Kier molecular flexibility index (Phi) is 4.88. The molecule has 0 bridgehead atoms. The summed E-state index contributed by atoms with van der Waals surface area (Å²) in [4.78, 5) is 1.59. The highest BCUT2D eigenvalue weighted by molar-refractivity contribution is 5.86. The van der Waals surface area contributed by atoms with Crippen LogP contribution in [0, 0.1) is 12.8 Å². The van der Waals surface area contributed by atoms with Crippen molar-refractivity contribution in [2.45, 2.75) is 65.0 Å². The number of hydrogen-bond donors (Lipinski definition) is 2. The maximum absolute atomic E-state index is 10.8. The summed E-state index contributed by atoms with van der Waals surface area (Å²) in [5, 5.41) is 12.2. The molecule has 1 atom stereocenters. The molecule has 2 aromatic rings. The Morgan fingerprint density at radius 3 is 2.76 bits per heavy atom. The number of aryl methyl sites for hydroxylation is 2. The minimum absolute atomic E-state index is 0.244. The third kappa shape index (κ3) is 3.50. The van der Waals surface area contributed by atoms with E-state index in [1.54, 1.807) is 10.5 Å². The van der Waals surface area contributed by atoms with E-state index in [0.717, 1.165) is 19.0 Å². The first-order valence-electron chi connectivity index (χ1n) is 10.2. The lowest BCUT2D eigenvalue weighted by molar-refractivity contribution is -0.909. The summed E-state index contributed by atoms with van der Waals surface area (Å²) in [6.45, 7) is 8.64. The lowest BCUT2D eigenvalue weighted by atomic mass is 9.95. The molecule has 2 heterocycles. The van der Waals surface area contributed by atoms with Gasteiger partial charge < -0.3 is 14.6 Å². The Morgan fingerprint density at radius 2 is 1.96 bits per heavy atom. The van der Waals surface area contributed by atoms with Crippen molar-refractivity contribution in [2.24, 2.45) is 5.92 Å². The van der Waals surface area contributed by atoms with Gasteiger partial charge in [-0.15, -0.1) is 0 Å². The van der Waals surface area contributed by atoms with E-state index in [1.807, 2.05) is 0 Å². The van der Waals surface area contributed by atoms with Gasteiger partial charge in [0.2, 0.25) is 0 Å². The molecular formula is C22H33N2O+. The summed E-state index contributed by atoms with van der Waals surface area (Å²) < 4.78 is 2.44. The van der Waals surface area contributed by atoms with E-state index < -0.39 is 0 Å². The third-order valence-corrected chi connectivity index (χ3v) is 6.43. The van der Waals surface area contributed by atoms with Gasteiger partial charge in [-0.1, -0.05) is 18.6 Å². The monoisotopic (exact) mass is 341 g/mol. The van der Waals surface area contributed by atoms with Gasteiger partial charge in [-0.2, -0.15) is 0 Å². The average Bonchev–Trinajstić information content (AvgIpc) is 2.91. The molecule has 1 aromatic heterocycles. The number of nitrogens with zero attached hydrogens (tertiary/aromatic N) is 1. The standard InChI is InChI=1S/C22H32N2O/c1-16-9-11-23(12-10-16)14-18(25)15-24-21-6-4-3-5-19(21)20-13-17(2)7-8-22(20)24/h7-8,13,16,18,25H,3-6,9-12,14-15H2,1-2H3/p+1/t18-/m1/s1. The first-order valence-corrected chi connectivity index (χ1v) is 10.2. The summed E-state index contributed by atoms with van der Waals surface area (Å²) in [7, 11) is 0. The number of likely N-dealkylation sites (tertiary alicyclic amines) is 1. The lowest BCUT2D eigenvalue weighted by Crippen LogP contribution is -3.14. The summed E-state index contributed by atoms with van der Waals surface area (Å²) in [5.41, 5.74) is 5.72. The van der Waals surface area contributed by atoms with Gasteiger partial charge in [0.05, 0.1) is 19.6 Å². The molecule has 4 rings (SSSR count). The quantitative estimate of drug-likeness (QED) is 0.879. The van der Waals surface area contributed by atoms with Gasteiger partial charge in [0.15, 0.2) is 0 Å². The van der Waals surface area contributed by atoms with Crippen LogP contribution >= 0.6 is 0 Å². The van der Waals surface area contributed by atoms with Crippen molar-refractivity contribution < 1.29 is 10.0 Å². The smallest absolute Gasteiger partial charge is 0.121 e. The highest BCUT2D eigenvalue weighted by Crippen LogP contribution is 2.33. The number of rotatable bonds is 4. The van der Waals surface area contributed by atoms with Gasteiger partial charge in [-0.25, -0.2) is 0 Å². The molecule has 0 radical (unpaired) electrons. The second-order valence-electron chi connectivity index (χ2n) is 8.55. The van der Waals surface area contributed by atoms with Crippen molar-refractivity contribution in [3.05, 3.63) is 35.0 Å². The van der Waals surface area contributed by atoms with Crippen LogP contribution in [0.1, 0.15) is 49.4 Å². The molecule has 136 valence electrons. The first-order chi connectivity index (χ1) is 12.1. The molecule has 2 N–H and O–H groups in total. The molecule has 1 aliphatic carbocycles. The van der Waals surface area contributed by atoms with Crippen LogP contribution in [0.25, 0.3) is 10.9 Å². The molecule has 0 amide bonds. The Labute approximate surface area is 151 Å². The zero-order chi connectivity index (χ0) is 17.4. The van der Waals surface area contributed by atoms with Crippen molar-refractivity contribution in [2.75, 3.05) is 19.6 Å². The normalized spacial score (nSPS) is 25.1. The topological polar surface area (TPSA) is 29.6 Å². The van der Waals surface area contributed by atoms with Crippen LogP contribution < -0.4 is 4.90 Å². The van der Waals surface area contributed by atoms with Crippen molar-refractivity contribution >= 4 is 10.9 Å². The number of aromatic nitrogens is 1. The largest absolute Gasteiger partial charge is 0.385 e. The fourth-order valence-corrected chi connectivity index (χ4v) is 4.94. The van der Waals surface area contributed by atoms with Crippen LogP contribution in [0.2, 0.25) is 0 Å². The predicted molar refractivity (Wildman–Crippen MR) is 103 cm³/mol. The summed E-state index contributed by atoms with van der Waals surface area (Å²) in [6, 6.07) is 6.83. The molecule has 25 heavy (non-hydrogen) atoms. The predicted octanol–water partition coefficient (Wildman–Crippen LogP) is 2.50. The number of hydrogen-bond acceptors (Lipinski definition) is 1. The molecule has 1 aromatic carbocycles. The Bertz CT molecular complexity index is 740. The zero-order valence-corrected chi connectivity index (χ0v) is 15.9. The van der Waals surface area contributed by atoms with Gasteiger partial charge in [-0.3, -0.25) is 0 Å². The van der Waals surface area contributed by atoms with E-state index in [2.05, 4.69) is 36.6 Å². The Morgan fingerprint density at radius 1 is 1.20 bits per heavy atom. The number of nitrogens with one attached hydrogen (secondary N) is 1. The molecule has 0 spiro atoms. The molecule has 0 saturated carbocycles. The fraction of sp³-hybridized carbons (Fsp3) is 0.636. The third-order valence-electron chi connectivity index (χ3n) is 6.43. The van der Waals surface area contributed by atoms with Crippen LogP contribution in [-0.4, -0.2) is 35.4 Å². The van der Waals surface area contributed by atoms with Gasteiger partial charge in [0, 0.05) is 16.6 Å². The molecule has 1 aliphatic heterocycles. The van der Waals surface area contributed by atoms with Gasteiger partial charge in [0.25, 0.3) is 0 Å². The maximum atomic E-state index is 10.8. The lowest BCUT2D eigenvalue weighted by Gasteiger charge is -2.29. The number of aliphatic hydroxyl groups excluding tert-OH is 1. The number of quaternary nitrogens is 1. The minimum atomic E-state index is -0.244. The van der Waals surface area contributed by atoms with E-state index in [9.17, 15) is 5.11 Å². The van der Waals surface area contributed by atoms with Crippen LogP contribution in [-0.2, 0) is 19.4 Å². The molecule has 0 unspecified atom stereocenters. The summed E-state index contributed by atoms with van der Waals surface area (Å²) >= 11 is 0. The zero-order valence-electron chi connectivity index (χ0n) is 15.9. The van der Waals surface area contributed by atoms with Crippen molar-refractivity contribution in [1.82, 2.24) is 4.57 Å². The molecule has 3 heteroatoms. The van der Waals surface area contributed by atoms with Crippen molar-refractivity contribution in [3.8, 4) is 0 Å². The molecule has 3 nitrogen and oxygen atoms in total. The number of fused-ring (bicyclic) bond motifs is 3. The first kappa shape index (κ1) is 17.1. The van der Waals surface area contributed by atoms with Crippen LogP contribution in [0.3, 0.4) is 0 Å². The molecule has 1 fully saturated rings. The van der Waals surface area contributed by atoms with E-state index in [0.29, 0.717) is 0 Å². The molecular weight excluding hydrogens is 308 g/mol. The van der Waals surface area contributed by atoms with Crippen LogP contribution in [0.4, 0.5) is 0 Å². The van der Waals surface area contributed by atoms with E-state index in [-0.39, 0.29) is 6.10 Å². The SMILES string of the molecule is Cc1ccc2c(c1)c1c(n2C[C@H](O)C[NH+]2CCC(C)CC2)CCCC1. The summed E-state index contributed by atoms with van der Waals surface area (Å²) in [6.07, 6.45) is 7.34. The second kappa shape index (κ2) is 7.13. The van der Waals surface area contributed by atoms with Crippen LogP contribution in [0.15, 0.2) is 18.2 Å². The van der Waals surface area contributed by atoms with Gasteiger partial charge >= 0.3 is 0 Å². The van der Waals surface area contributed by atoms with Crippen molar-refractivity contribution in [1.29, 1.82) is 0 Å². The van der Waals surface area contributed by atoms with E-state index >= 15 is 0 Å². The highest BCUT2D eigenvalue weighted by Gasteiger charge is 2.25. The Balaban J connectivity index is 1.56. The average molecular weight is 342 g/mol. The summed E-state index contributed by atoms with van der Waals surface area (Å²) in [5.74, 6) is 0.865. The highest BCUT2D eigenvalue weighted by atomic mass is 16.3. The van der Waals surface area contributed by atoms with Crippen molar-refractivity contribution in [3.63, 3.8) is 0 Å². The van der Waals surface area contributed by atoms with E-state index in [4.69, 9.17) is 0 Å². The molecule has 2 aliphatic rings. The fourth-order valence-electron chi connectivity index (χ4n) is 4.94. The van der Waals surface area contributed by atoms with E-state index in [1.165, 1.54) is 73.8 Å². The number of aliphatic hydroxyl groups is 1. The second-order valence-corrected chi connectivity index (χ2v) is 8.55. The maximum Gasteiger partial charge on any atom is 0.121 e. The molecule has 1 saturated heterocycles.